The lowest BCUT2D eigenvalue weighted by atomic mass is 10.1. The highest BCUT2D eigenvalue weighted by Gasteiger charge is 2.15. The van der Waals surface area contributed by atoms with E-state index in [4.69, 9.17) is 9.84 Å². The molecule has 1 aromatic carbocycles. The molecular formula is C13H17FN2O4. The van der Waals surface area contributed by atoms with Crippen molar-refractivity contribution in [1.29, 1.82) is 0 Å². The molecule has 110 valence electrons. The molecule has 0 aliphatic rings. The van der Waals surface area contributed by atoms with Crippen molar-refractivity contribution in [3.63, 3.8) is 0 Å². The van der Waals surface area contributed by atoms with Gasteiger partial charge in [0, 0.05) is 7.11 Å². The standard InChI is InChI=1S/C13H17FN2O4/c1-3-9(7-20-2)15-13(19)16-11-5-4-8(14)6-10(11)12(17)18/h4-6,9H,3,7H2,1-2H3,(H,17,18)(H2,15,16,19). The summed E-state index contributed by atoms with van der Waals surface area (Å²) in [4.78, 5) is 22.7. The fourth-order valence-electron chi connectivity index (χ4n) is 1.61. The lowest BCUT2D eigenvalue weighted by molar-refractivity contribution is 0.0697. The number of carbonyl (C=O) groups is 2. The van der Waals surface area contributed by atoms with E-state index in [1.165, 1.54) is 13.2 Å². The molecule has 3 N–H and O–H groups in total. The molecular weight excluding hydrogens is 267 g/mol. The molecule has 0 bridgehead atoms. The van der Waals surface area contributed by atoms with Gasteiger partial charge in [0.15, 0.2) is 0 Å². The minimum absolute atomic E-state index is 0.0312. The van der Waals surface area contributed by atoms with Crippen molar-refractivity contribution in [2.75, 3.05) is 19.0 Å². The van der Waals surface area contributed by atoms with Gasteiger partial charge in [-0.2, -0.15) is 0 Å². The summed E-state index contributed by atoms with van der Waals surface area (Å²) < 4.78 is 17.9. The zero-order chi connectivity index (χ0) is 15.1. The van der Waals surface area contributed by atoms with Crippen molar-refractivity contribution in [2.45, 2.75) is 19.4 Å². The number of amides is 2. The highest BCUT2D eigenvalue weighted by molar-refractivity contribution is 6.00. The summed E-state index contributed by atoms with van der Waals surface area (Å²) in [7, 11) is 1.52. The molecule has 2 amide bonds. The van der Waals surface area contributed by atoms with Crippen molar-refractivity contribution in [1.82, 2.24) is 5.32 Å². The largest absolute Gasteiger partial charge is 0.478 e. The van der Waals surface area contributed by atoms with E-state index in [1.54, 1.807) is 0 Å². The SMILES string of the molecule is CCC(COC)NC(=O)Nc1ccc(F)cc1C(=O)O. The van der Waals surface area contributed by atoms with Crippen LogP contribution in [0.15, 0.2) is 18.2 Å². The van der Waals surface area contributed by atoms with E-state index >= 15 is 0 Å². The van der Waals surface area contributed by atoms with Crippen LogP contribution in [0, 0.1) is 5.82 Å². The number of methoxy groups -OCH3 is 1. The third-order valence-electron chi connectivity index (χ3n) is 2.66. The molecule has 0 radical (unpaired) electrons. The van der Waals surface area contributed by atoms with Crippen molar-refractivity contribution in [3.8, 4) is 0 Å². The number of hydrogen-bond donors (Lipinski definition) is 3. The quantitative estimate of drug-likeness (QED) is 0.746. The van der Waals surface area contributed by atoms with Gasteiger partial charge in [0.25, 0.3) is 0 Å². The number of urea groups is 1. The van der Waals surface area contributed by atoms with Crippen LogP contribution in [0.25, 0.3) is 0 Å². The second-order valence-electron chi connectivity index (χ2n) is 4.15. The summed E-state index contributed by atoms with van der Waals surface area (Å²) in [5, 5.41) is 14.0. The number of aromatic carboxylic acids is 1. The summed E-state index contributed by atoms with van der Waals surface area (Å²) >= 11 is 0. The smallest absolute Gasteiger partial charge is 0.337 e. The van der Waals surface area contributed by atoms with Gasteiger partial charge in [0.1, 0.15) is 5.82 Å². The Morgan fingerprint density at radius 3 is 2.70 bits per heavy atom. The Labute approximate surface area is 115 Å². The first-order chi connectivity index (χ1) is 9.47. The first kappa shape index (κ1) is 15.9. The number of rotatable bonds is 6. The Kier molecular flexibility index (Phi) is 5.92. The zero-order valence-electron chi connectivity index (χ0n) is 11.3. The molecule has 0 heterocycles. The van der Waals surface area contributed by atoms with Crippen molar-refractivity contribution in [2.24, 2.45) is 0 Å². The van der Waals surface area contributed by atoms with Gasteiger partial charge >= 0.3 is 12.0 Å². The highest BCUT2D eigenvalue weighted by Crippen LogP contribution is 2.17. The Bertz CT molecular complexity index is 493. The zero-order valence-corrected chi connectivity index (χ0v) is 11.3. The second-order valence-corrected chi connectivity index (χ2v) is 4.15. The fraction of sp³-hybridized carbons (Fsp3) is 0.385. The Morgan fingerprint density at radius 2 is 2.15 bits per heavy atom. The van der Waals surface area contributed by atoms with Crippen LogP contribution < -0.4 is 10.6 Å². The lowest BCUT2D eigenvalue weighted by Gasteiger charge is -2.17. The molecule has 1 aromatic rings. The average Bonchev–Trinajstić information content (AvgIpc) is 2.40. The topological polar surface area (TPSA) is 87.7 Å². The van der Waals surface area contributed by atoms with Gasteiger partial charge in [-0.1, -0.05) is 6.92 Å². The molecule has 7 heteroatoms. The normalized spacial score (nSPS) is 11.8. The summed E-state index contributed by atoms with van der Waals surface area (Å²) in [6.45, 7) is 2.23. The number of anilines is 1. The number of carboxylic acids is 1. The molecule has 20 heavy (non-hydrogen) atoms. The number of halogens is 1. The van der Waals surface area contributed by atoms with Gasteiger partial charge in [-0.25, -0.2) is 14.0 Å². The van der Waals surface area contributed by atoms with Gasteiger partial charge < -0.3 is 20.5 Å². The average molecular weight is 284 g/mol. The highest BCUT2D eigenvalue weighted by atomic mass is 19.1. The summed E-state index contributed by atoms with van der Waals surface area (Å²) in [6.07, 6.45) is 0.663. The number of hydrogen-bond acceptors (Lipinski definition) is 3. The minimum Gasteiger partial charge on any atom is -0.478 e. The molecule has 0 saturated carbocycles. The molecule has 0 fully saturated rings. The van der Waals surface area contributed by atoms with Gasteiger partial charge in [0.05, 0.1) is 23.9 Å². The number of nitrogens with one attached hydrogen (secondary N) is 2. The first-order valence-corrected chi connectivity index (χ1v) is 6.07. The molecule has 0 aliphatic heterocycles. The molecule has 1 unspecified atom stereocenters. The van der Waals surface area contributed by atoms with Crippen molar-refractivity contribution >= 4 is 17.7 Å². The van der Waals surface area contributed by atoms with Crippen LogP contribution >= 0.6 is 0 Å². The molecule has 0 spiro atoms. The van der Waals surface area contributed by atoms with Crippen molar-refractivity contribution < 1.29 is 23.8 Å². The Balaban J connectivity index is 2.77. The fourth-order valence-corrected chi connectivity index (χ4v) is 1.61. The number of benzene rings is 1. The number of ether oxygens (including phenoxy) is 1. The van der Waals surface area contributed by atoms with Crippen LogP contribution in [0.5, 0.6) is 0 Å². The van der Waals surface area contributed by atoms with E-state index in [0.717, 1.165) is 12.1 Å². The summed E-state index contributed by atoms with van der Waals surface area (Å²) in [5.41, 5.74) is -0.274. The minimum atomic E-state index is -1.32. The monoisotopic (exact) mass is 284 g/mol. The maximum Gasteiger partial charge on any atom is 0.337 e. The predicted molar refractivity (Wildman–Crippen MR) is 71.5 cm³/mol. The number of carboxylic acid groups (broad SMARTS) is 1. The molecule has 1 atom stereocenters. The van der Waals surface area contributed by atoms with Gasteiger partial charge in [0.2, 0.25) is 0 Å². The third-order valence-corrected chi connectivity index (χ3v) is 2.66. The van der Waals surface area contributed by atoms with Gasteiger partial charge in [-0.3, -0.25) is 0 Å². The molecule has 0 aromatic heterocycles. The molecule has 6 nitrogen and oxygen atoms in total. The summed E-state index contributed by atoms with van der Waals surface area (Å²) in [5.74, 6) is -2.00. The second kappa shape index (κ2) is 7.44. The van der Waals surface area contributed by atoms with Crippen LogP contribution in [0.3, 0.4) is 0 Å². The maximum atomic E-state index is 13.0. The van der Waals surface area contributed by atoms with Crippen LogP contribution in [-0.4, -0.2) is 36.9 Å². The van der Waals surface area contributed by atoms with E-state index in [2.05, 4.69) is 10.6 Å². The Hall–Kier alpha value is -2.15. The first-order valence-electron chi connectivity index (χ1n) is 6.07. The third kappa shape index (κ3) is 4.51. The van der Waals surface area contributed by atoms with E-state index in [0.29, 0.717) is 13.0 Å². The van der Waals surface area contributed by atoms with E-state index in [-0.39, 0.29) is 17.3 Å². The van der Waals surface area contributed by atoms with Gasteiger partial charge in [-0.15, -0.1) is 0 Å². The van der Waals surface area contributed by atoms with Crippen LogP contribution in [-0.2, 0) is 4.74 Å². The lowest BCUT2D eigenvalue weighted by Crippen LogP contribution is -2.40. The van der Waals surface area contributed by atoms with Gasteiger partial charge in [-0.05, 0) is 24.6 Å². The summed E-state index contributed by atoms with van der Waals surface area (Å²) in [6, 6.07) is 2.38. The number of carbonyl (C=O) groups excluding carboxylic acids is 1. The van der Waals surface area contributed by atoms with E-state index in [9.17, 15) is 14.0 Å². The van der Waals surface area contributed by atoms with E-state index in [1.807, 2.05) is 6.92 Å². The van der Waals surface area contributed by atoms with Crippen LogP contribution in [0.4, 0.5) is 14.9 Å². The van der Waals surface area contributed by atoms with Crippen molar-refractivity contribution in [3.05, 3.63) is 29.6 Å². The van der Waals surface area contributed by atoms with Crippen LogP contribution in [0.1, 0.15) is 23.7 Å². The molecule has 0 saturated heterocycles. The Morgan fingerprint density at radius 1 is 1.45 bits per heavy atom. The molecule has 1 rings (SSSR count). The molecule has 0 aliphatic carbocycles. The van der Waals surface area contributed by atoms with E-state index < -0.39 is 17.8 Å². The maximum absolute atomic E-state index is 13.0. The van der Waals surface area contributed by atoms with Crippen LogP contribution in [0.2, 0.25) is 0 Å². The predicted octanol–water partition coefficient (Wildman–Crippen LogP) is 2.07.